The number of Topliss-reactive ketones (excluding diaryl/α,β-unsaturated/α-hetero) is 4. The van der Waals surface area contributed by atoms with Crippen molar-refractivity contribution >= 4 is 23.1 Å². The summed E-state index contributed by atoms with van der Waals surface area (Å²) in [6.07, 6.45) is 0.562. The molecular formula is C26H24O4. The van der Waals surface area contributed by atoms with Gasteiger partial charge in [-0.3, -0.25) is 19.2 Å². The normalized spacial score (nSPS) is 27.3. The van der Waals surface area contributed by atoms with Crippen LogP contribution in [0.1, 0.15) is 76.5 Å². The molecule has 152 valence electrons. The van der Waals surface area contributed by atoms with Crippen molar-refractivity contribution in [3.63, 3.8) is 0 Å². The molecule has 2 aromatic rings. The highest BCUT2D eigenvalue weighted by Crippen LogP contribution is 2.49. The number of benzene rings is 2. The quantitative estimate of drug-likeness (QED) is 0.646. The van der Waals surface area contributed by atoms with Gasteiger partial charge in [0.05, 0.1) is 0 Å². The first kappa shape index (κ1) is 19.1. The molecule has 1 saturated carbocycles. The standard InChI is InChI=1S/C26H24O4/c1-11-5-15-16(6-12(11)2)24(28)20-10-22-21(9-19(20)23(15)27)25(29)17-7-13(3)14(4)8-18(17)26(22)30/h5-8,19-22H,9-10H2,1-4H3/t19-,20-,21+,22+. The summed E-state index contributed by atoms with van der Waals surface area (Å²) in [6, 6.07) is 7.23. The first-order valence-electron chi connectivity index (χ1n) is 10.6. The zero-order chi connectivity index (χ0) is 21.5. The molecule has 0 spiro atoms. The summed E-state index contributed by atoms with van der Waals surface area (Å²) in [4.78, 5) is 53.3. The average Bonchev–Trinajstić information content (AvgIpc) is 2.72. The van der Waals surface area contributed by atoms with E-state index in [2.05, 4.69) is 0 Å². The van der Waals surface area contributed by atoms with E-state index in [0.29, 0.717) is 22.3 Å². The number of aryl methyl sites for hydroxylation is 4. The molecule has 0 amide bonds. The Morgan fingerprint density at radius 2 is 0.667 bits per heavy atom. The first-order valence-corrected chi connectivity index (χ1v) is 10.6. The van der Waals surface area contributed by atoms with Crippen LogP contribution in [0.25, 0.3) is 0 Å². The Hall–Kier alpha value is -2.88. The van der Waals surface area contributed by atoms with E-state index in [9.17, 15) is 19.2 Å². The molecule has 0 saturated heterocycles. The van der Waals surface area contributed by atoms with Gasteiger partial charge in [-0.15, -0.1) is 0 Å². The lowest BCUT2D eigenvalue weighted by Crippen LogP contribution is -2.49. The van der Waals surface area contributed by atoms with Gasteiger partial charge >= 0.3 is 0 Å². The van der Waals surface area contributed by atoms with Gasteiger partial charge in [0.25, 0.3) is 0 Å². The van der Waals surface area contributed by atoms with Crippen LogP contribution >= 0.6 is 0 Å². The van der Waals surface area contributed by atoms with Gasteiger partial charge in [-0.2, -0.15) is 0 Å². The van der Waals surface area contributed by atoms with Crippen molar-refractivity contribution in [2.24, 2.45) is 23.7 Å². The minimum atomic E-state index is -0.516. The molecule has 1 fully saturated rings. The number of carbonyl (C=O) groups is 4. The molecule has 0 unspecified atom stereocenters. The SMILES string of the molecule is Cc1cc2c(cc1C)C(=O)[C@H]1C[C@H]3C(=O)c4cc(C)c(C)cc4C(=O)[C@@H]3C[C@@H]1C2=O. The van der Waals surface area contributed by atoms with Crippen molar-refractivity contribution in [1.29, 1.82) is 0 Å². The summed E-state index contributed by atoms with van der Waals surface area (Å²) in [6.45, 7) is 7.73. The second-order valence-corrected chi connectivity index (χ2v) is 9.32. The molecule has 0 aromatic heterocycles. The minimum Gasteiger partial charge on any atom is -0.294 e. The Bertz CT molecular complexity index is 1000. The van der Waals surface area contributed by atoms with Crippen molar-refractivity contribution in [2.75, 3.05) is 0 Å². The van der Waals surface area contributed by atoms with Gasteiger partial charge in [0.15, 0.2) is 23.1 Å². The summed E-state index contributed by atoms with van der Waals surface area (Å²) in [5, 5.41) is 0. The second-order valence-electron chi connectivity index (χ2n) is 9.32. The smallest absolute Gasteiger partial charge is 0.167 e. The molecule has 4 atom stereocenters. The number of ketones is 4. The predicted molar refractivity (Wildman–Crippen MR) is 112 cm³/mol. The van der Waals surface area contributed by atoms with Gasteiger partial charge in [0.2, 0.25) is 0 Å². The maximum absolute atomic E-state index is 13.3. The number of hydrogen-bond donors (Lipinski definition) is 0. The molecule has 0 heterocycles. The minimum absolute atomic E-state index is 0.0534. The van der Waals surface area contributed by atoms with E-state index in [1.165, 1.54) is 0 Å². The highest BCUT2D eigenvalue weighted by Gasteiger charge is 2.53. The molecule has 30 heavy (non-hydrogen) atoms. The van der Waals surface area contributed by atoms with Crippen molar-refractivity contribution in [3.8, 4) is 0 Å². The van der Waals surface area contributed by atoms with Gasteiger partial charge in [0, 0.05) is 45.9 Å². The first-order chi connectivity index (χ1) is 14.2. The maximum Gasteiger partial charge on any atom is 0.167 e. The van der Waals surface area contributed by atoms with E-state index in [1.54, 1.807) is 0 Å². The predicted octanol–water partition coefficient (Wildman–Crippen LogP) is 4.64. The van der Waals surface area contributed by atoms with Crippen LogP contribution in [-0.2, 0) is 0 Å². The zero-order valence-corrected chi connectivity index (χ0v) is 17.7. The molecule has 3 aliphatic carbocycles. The number of rotatable bonds is 0. The molecule has 2 aromatic carbocycles. The lowest BCUT2D eigenvalue weighted by molar-refractivity contribution is 0.0438. The Morgan fingerprint density at radius 3 is 0.867 bits per heavy atom. The van der Waals surface area contributed by atoms with Crippen molar-refractivity contribution in [2.45, 2.75) is 40.5 Å². The highest BCUT2D eigenvalue weighted by atomic mass is 16.2. The van der Waals surface area contributed by atoms with Crippen LogP contribution in [-0.4, -0.2) is 23.1 Å². The van der Waals surface area contributed by atoms with Crippen LogP contribution in [0.3, 0.4) is 0 Å². The van der Waals surface area contributed by atoms with Crippen LogP contribution in [0.5, 0.6) is 0 Å². The number of carbonyl (C=O) groups excluding carboxylic acids is 4. The molecule has 5 rings (SSSR count). The monoisotopic (exact) mass is 400 g/mol. The summed E-state index contributed by atoms with van der Waals surface area (Å²) in [5.74, 6) is -2.28. The molecule has 0 aliphatic heterocycles. The van der Waals surface area contributed by atoms with Crippen LogP contribution in [0.4, 0.5) is 0 Å². The average molecular weight is 400 g/mol. The molecule has 4 heteroatoms. The molecular weight excluding hydrogens is 376 g/mol. The fourth-order valence-corrected chi connectivity index (χ4v) is 5.61. The van der Waals surface area contributed by atoms with E-state index in [-0.39, 0.29) is 36.0 Å². The Labute approximate surface area is 175 Å². The Kier molecular flexibility index (Phi) is 4.02. The molecule has 0 radical (unpaired) electrons. The molecule has 0 N–H and O–H groups in total. The number of hydrogen-bond acceptors (Lipinski definition) is 4. The molecule has 4 nitrogen and oxygen atoms in total. The van der Waals surface area contributed by atoms with E-state index < -0.39 is 23.7 Å². The summed E-state index contributed by atoms with van der Waals surface area (Å²) >= 11 is 0. The summed E-state index contributed by atoms with van der Waals surface area (Å²) < 4.78 is 0. The topological polar surface area (TPSA) is 68.3 Å². The van der Waals surface area contributed by atoms with Crippen LogP contribution < -0.4 is 0 Å². The van der Waals surface area contributed by atoms with Gasteiger partial charge in [-0.25, -0.2) is 0 Å². The van der Waals surface area contributed by atoms with Gasteiger partial charge < -0.3 is 0 Å². The third-order valence-corrected chi connectivity index (χ3v) is 7.66. The van der Waals surface area contributed by atoms with Crippen LogP contribution in [0, 0.1) is 51.4 Å². The Morgan fingerprint density at radius 1 is 0.467 bits per heavy atom. The lowest BCUT2D eigenvalue weighted by Gasteiger charge is -2.43. The second kappa shape index (κ2) is 6.31. The molecule has 3 aliphatic rings. The summed E-state index contributed by atoms with van der Waals surface area (Å²) in [5.41, 5.74) is 5.81. The summed E-state index contributed by atoms with van der Waals surface area (Å²) in [7, 11) is 0. The van der Waals surface area contributed by atoms with Crippen LogP contribution in [0.2, 0.25) is 0 Å². The third-order valence-electron chi connectivity index (χ3n) is 7.66. The Balaban J connectivity index is 1.59. The molecule has 0 bridgehead atoms. The van der Waals surface area contributed by atoms with Crippen LogP contribution in [0.15, 0.2) is 24.3 Å². The van der Waals surface area contributed by atoms with Crippen molar-refractivity contribution < 1.29 is 19.2 Å². The number of fused-ring (bicyclic) bond motifs is 4. The van der Waals surface area contributed by atoms with Gasteiger partial charge in [-0.1, -0.05) is 0 Å². The fourth-order valence-electron chi connectivity index (χ4n) is 5.61. The van der Waals surface area contributed by atoms with Crippen molar-refractivity contribution in [3.05, 3.63) is 68.8 Å². The zero-order valence-electron chi connectivity index (χ0n) is 17.7. The van der Waals surface area contributed by atoms with Crippen molar-refractivity contribution in [1.82, 2.24) is 0 Å². The lowest BCUT2D eigenvalue weighted by atomic mass is 9.57. The maximum atomic E-state index is 13.3. The van der Waals surface area contributed by atoms with E-state index in [4.69, 9.17) is 0 Å². The van der Waals surface area contributed by atoms with E-state index >= 15 is 0 Å². The van der Waals surface area contributed by atoms with E-state index in [0.717, 1.165) is 22.3 Å². The third kappa shape index (κ3) is 2.46. The van der Waals surface area contributed by atoms with E-state index in [1.807, 2.05) is 52.0 Å². The van der Waals surface area contributed by atoms with Gasteiger partial charge in [-0.05, 0) is 87.1 Å². The largest absolute Gasteiger partial charge is 0.294 e. The van der Waals surface area contributed by atoms with Gasteiger partial charge in [0.1, 0.15) is 0 Å². The highest BCUT2D eigenvalue weighted by molar-refractivity contribution is 6.19. The fraction of sp³-hybridized carbons (Fsp3) is 0.385.